The zero-order chi connectivity index (χ0) is 15.7. The molecule has 1 heterocycles. The molecule has 1 aliphatic rings. The normalized spacial score (nSPS) is 14.3. The number of rotatable bonds is 3. The van der Waals surface area contributed by atoms with Crippen molar-refractivity contribution in [3.63, 3.8) is 0 Å². The second-order valence-electron chi connectivity index (χ2n) is 5.14. The molecule has 5 nitrogen and oxygen atoms in total. The minimum Gasteiger partial charge on any atom is -0.508 e. The van der Waals surface area contributed by atoms with Gasteiger partial charge in [0.2, 0.25) is 0 Å². The molecule has 0 amide bonds. The molecule has 1 aliphatic heterocycles. The maximum Gasteiger partial charge on any atom is 0.339 e. The smallest absolute Gasteiger partial charge is 0.339 e. The van der Waals surface area contributed by atoms with Gasteiger partial charge >= 0.3 is 5.97 Å². The van der Waals surface area contributed by atoms with Gasteiger partial charge in [-0.2, -0.15) is 0 Å². The largest absolute Gasteiger partial charge is 0.508 e. The topological polar surface area (TPSA) is 87.0 Å². The fraction of sp³-hybridized carbons (Fsp3) is 0.118. The molecule has 0 fully saturated rings. The van der Waals surface area contributed by atoms with Crippen LogP contribution in [0.3, 0.4) is 0 Å². The maximum absolute atomic E-state index is 12.0. The summed E-state index contributed by atoms with van der Waals surface area (Å²) in [6, 6.07) is 10.6. The van der Waals surface area contributed by atoms with E-state index in [1.54, 1.807) is 12.1 Å². The molecule has 0 saturated heterocycles. The highest BCUT2D eigenvalue weighted by molar-refractivity contribution is 6.19. The molecule has 2 aromatic rings. The average molecular weight is 298 g/mol. The van der Waals surface area contributed by atoms with Gasteiger partial charge in [0.25, 0.3) is 0 Å². The molecule has 0 bridgehead atoms. The predicted molar refractivity (Wildman–Crippen MR) is 79.5 cm³/mol. The van der Waals surface area contributed by atoms with Crippen LogP contribution >= 0.6 is 0 Å². The summed E-state index contributed by atoms with van der Waals surface area (Å²) in [6.45, 7) is 0.172. The van der Waals surface area contributed by atoms with Crippen molar-refractivity contribution in [1.29, 1.82) is 0 Å². The summed E-state index contributed by atoms with van der Waals surface area (Å²) in [5.41, 5.74) is 2.57. The summed E-state index contributed by atoms with van der Waals surface area (Å²) in [6.07, 6.45) is 0.379. The van der Waals surface area contributed by atoms with Crippen LogP contribution < -0.4 is 0 Å². The predicted octanol–water partition coefficient (Wildman–Crippen LogP) is 2.36. The third-order valence-electron chi connectivity index (χ3n) is 3.47. The van der Waals surface area contributed by atoms with E-state index >= 15 is 0 Å². The number of phenols is 3. The summed E-state index contributed by atoms with van der Waals surface area (Å²) < 4.78 is 5.09. The number of benzene rings is 2. The van der Waals surface area contributed by atoms with Crippen LogP contribution in [0.15, 0.2) is 48.0 Å². The molecule has 5 heteroatoms. The summed E-state index contributed by atoms with van der Waals surface area (Å²) >= 11 is 0. The first-order valence-corrected chi connectivity index (χ1v) is 6.73. The molecular formula is C17H14O5. The molecule has 112 valence electrons. The third kappa shape index (κ3) is 2.74. The van der Waals surface area contributed by atoms with Crippen molar-refractivity contribution in [1.82, 2.24) is 0 Å². The Kier molecular flexibility index (Phi) is 3.47. The summed E-state index contributed by atoms with van der Waals surface area (Å²) in [5.74, 6) is -0.362. The molecule has 0 aliphatic carbocycles. The van der Waals surface area contributed by atoms with Gasteiger partial charge in [-0.1, -0.05) is 12.1 Å². The van der Waals surface area contributed by atoms with Crippen LogP contribution in [0.25, 0.3) is 5.57 Å². The van der Waals surface area contributed by atoms with E-state index in [2.05, 4.69) is 0 Å². The number of hydrogen-bond acceptors (Lipinski definition) is 5. The van der Waals surface area contributed by atoms with Crippen LogP contribution in [0, 0.1) is 0 Å². The van der Waals surface area contributed by atoms with Crippen molar-refractivity contribution in [2.45, 2.75) is 6.42 Å². The SMILES string of the molecule is O=C1OCC(Cc2cc(O)cc(O)c2)=C1c1ccc(O)cc1. The number of aromatic hydroxyl groups is 3. The lowest BCUT2D eigenvalue weighted by Gasteiger charge is -2.06. The number of hydrogen-bond donors (Lipinski definition) is 3. The van der Waals surface area contributed by atoms with Crippen LogP contribution in [0.4, 0.5) is 0 Å². The van der Waals surface area contributed by atoms with Crippen molar-refractivity contribution in [3.05, 3.63) is 59.2 Å². The first kappa shape index (κ1) is 14.0. The fourth-order valence-electron chi connectivity index (χ4n) is 2.54. The van der Waals surface area contributed by atoms with E-state index in [9.17, 15) is 20.1 Å². The Bertz CT molecular complexity index is 739. The van der Waals surface area contributed by atoms with Gasteiger partial charge in [0, 0.05) is 6.07 Å². The zero-order valence-corrected chi connectivity index (χ0v) is 11.6. The van der Waals surface area contributed by atoms with E-state index in [4.69, 9.17) is 4.74 Å². The Morgan fingerprint density at radius 3 is 2.18 bits per heavy atom. The van der Waals surface area contributed by atoms with Crippen LogP contribution in [0.1, 0.15) is 11.1 Å². The molecule has 3 rings (SSSR count). The zero-order valence-electron chi connectivity index (χ0n) is 11.6. The molecule has 0 atom stereocenters. The second-order valence-corrected chi connectivity index (χ2v) is 5.14. The monoisotopic (exact) mass is 298 g/mol. The number of esters is 1. The van der Waals surface area contributed by atoms with Crippen LogP contribution in [-0.4, -0.2) is 27.9 Å². The van der Waals surface area contributed by atoms with Crippen LogP contribution in [-0.2, 0) is 16.0 Å². The average Bonchev–Trinajstić information content (AvgIpc) is 2.80. The van der Waals surface area contributed by atoms with Gasteiger partial charge in [-0.15, -0.1) is 0 Å². The Morgan fingerprint density at radius 1 is 0.909 bits per heavy atom. The minimum atomic E-state index is -0.412. The Hall–Kier alpha value is -2.95. The number of ether oxygens (including phenoxy) is 1. The lowest BCUT2D eigenvalue weighted by Crippen LogP contribution is -1.98. The van der Waals surface area contributed by atoms with E-state index in [1.807, 2.05) is 0 Å². The molecule has 0 radical (unpaired) electrons. The summed E-state index contributed by atoms with van der Waals surface area (Å²) in [5, 5.41) is 28.4. The second kappa shape index (κ2) is 5.44. The highest BCUT2D eigenvalue weighted by Gasteiger charge is 2.26. The number of cyclic esters (lactones) is 1. The number of phenolic OH excluding ortho intramolecular Hbond substituents is 3. The molecule has 2 aromatic carbocycles. The first-order chi connectivity index (χ1) is 10.5. The molecule has 0 unspecified atom stereocenters. The van der Waals surface area contributed by atoms with Gasteiger partial charge in [0.1, 0.15) is 23.9 Å². The summed E-state index contributed by atoms with van der Waals surface area (Å²) in [4.78, 5) is 12.0. The molecule has 0 aromatic heterocycles. The van der Waals surface area contributed by atoms with Crippen molar-refractivity contribution < 1.29 is 24.9 Å². The van der Waals surface area contributed by atoms with Crippen molar-refractivity contribution >= 4 is 11.5 Å². The molecule has 22 heavy (non-hydrogen) atoms. The Morgan fingerprint density at radius 2 is 1.55 bits per heavy atom. The molecule has 0 saturated carbocycles. The van der Waals surface area contributed by atoms with E-state index < -0.39 is 5.97 Å². The van der Waals surface area contributed by atoms with Crippen molar-refractivity contribution in [3.8, 4) is 17.2 Å². The number of carbonyl (C=O) groups is 1. The van der Waals surface area contributed by atoms with Crippen molar-refractivity contribution in [2.75, 3.05) is 6.61 Å². The Labute approximate surface area is 126 Å². The summed E-state index contributed by atoms with van der Waals surface area (Å²) in [7, 11) is 0. The highest BCUT2D eigenvalue weighted by Crippen LogP contribution is 2.31. The molecule has 0 spiro atoms. The fourth-order valence-corrected chi connectivity index (χ4v) is 2.54. The number of carbonyl (C=O) groups excluding carboxylic acids is 1. The van der Waals surface area contributed by atoms with Gasteiger partial charge < -0.3 is 20.1 Å². The van der Waals surface area contributed by atoms with Gasteiger partial charge in [0.05, 0.1) is 5.57 Å². The standard InChI is InChI=1S/C17H14O5/c18-13-3-1-11(2-4-13)16-12(9-22-17(16)21)5-10-6-14(19)8-15(20)7-10/h1-4,6-8,18-20H,5,9H2. The van der Waals surface area contributed by atoms with E-state index in [0.717, 1.165) is 5.57 Å². The van der Waals surface area contributed by atoms with E-state index in [1.165, 1.54) is 30.3 Å². The lowest BCUT2D eigenvalue weighted by atomic mass is 9.96. The molecule has 3 N–H and O–H groups in total. The van der Waals surface area contributed by atoms with Gasteiger partial charge in [-0.3, -0.25) is 0 Å². The van der Waals surface area contributed by atoms with Crippen LogP contribution in [0.5, 0.6) is 17.2 Å². The molecular weight excluding hydrogens is 284 g/mol. The van der Waals surface area contributed by atoms with Gasteiger partial charge in [0.15, 0.2) is 0 Å². The minimum absolute atomic E-state index is 0.0352. The van der Waals surface area contributed by atoms with E-state index in [-0.39, 0.29) is 23.9 Å². The quantitative estimate of drug-likeness (QED) is 0.757. The van der Waals surface area contributed by atoms with Crippen molar-refractivity contribution in [2.24, 2.45) is 0 Å². The van der Waals surface area contributed by atoms with E-state index in [0.29, 0.717) is 23.1 Å². The lowest BCUT2D eigenvalue weighted by molar-refractivity contribution is -0.134. The van der Waals surface area contributed by atoms with Crippen LogP contribution in [0.2, 0.25) is 0 Å². The first-order valence-electron chi connectivity index (χ1n) is 6.73. The highest BCUT2D eigenvalue weighted by atomic mass is 16.5. The Balaban J connectivity index is 1.98. The third-order valence-corrected chi connectivity index (χ3v) is 3.47. The van der Waals surface area contributed by atoms with Gasteiger partial charge in [-0.25, -0.2) is 4.79 Å². The maximum atomic E-state index is 12.0. The van der Waals surface area contributed by atoms with Gasteiger partial charge in [-0.05, 0) is 47.4 Å².